The molecule has 0 N–H and O–H groups in total. The molecular formula is C8H6N2O5. The molecule has 15 heavy (non-hydrogen) atoms. The van der Waals surface area contributed by atoms with Gasteiger partial charge in [0.05, 0.1) is 4.92 Å². The minimum atomic E-state index is -0.808. The lowest BCUT2D eigenvalue weighted by atomic mass is 10.1. The molecule has 0 saturated carbocycles. The summed E-state index contributed by atoms with van der Waals surface area (Å²) < 4.78 is 0. The summed E-state index contributed by atoms with van der Waals surface area (Å²) >= 11 is 0. The summed E-state index contributed by atoms with van der Waals surface area (Å²) in [4.78, 5) is 30.1. The molecule has 0 heterocycles. The van der Waals surface area contributed by atoms with Gasteiger partial charge in [0.1, 0.15) is 0 Å². The number of nitro groups is 2. The molecule has 1 aromatic carbocycles. The third-order valence-electron chi connectivity index (χ3n) is 1.67. The van der Waals surface area contributed by atoms with E-state index in [1.807, 2.05) is 0 Å². The van der Waals surface area contributed by atoms with E-state index in [0.29, 0.717) is 0 Å². The molecule has 7 heteroatoms. The van der Waals surface area contributed by atoms with Crippen LogP contribution in [0.2, 0.25) is 0 Å². The van der Waals surface area contributed by atoms with Crippen LogP contribution in [0.1, 0.15) is 10.4 Å². The van der Waals surface area contributed by atoms with Gasteiger partial charge in [0.2, 0.25) is 5.78 Å². The summed E-state index contributed by atoms with van der Waals surface area (Å²) in [5, 5.41) is 20.3. The lowest BCUT2D eigenvalue weighted by molar-refractivity contribution is -0.465. The van der Waals surface area contributed by atoms with Crippen LogP contribution in [0.25, 0.3) is 0 Å². The third-order valence-corrected chi connectivity index (χ3v) is 1.67. The van der Waals surface area contributed by atoms with Crippen molar-refractivity contribution in [2.75, 3.05) is 6.54 Å². The van der Waals surface area contributed by atoms with E-state index in [1.54, 1.807) is 0 Å². The first-order chi connectivity index (χ1) is 7.00. The Morgan fingerprint density at radius 2 is 1.67 bits per heavy atom. The van der Waals surface area contributed by atoms with Crippen LogP contribution in [0.15, 0.2) is 24.3 Å². The zero-order valence-electron chi connectivity index (χ0n) is 7.45. The molecule has 78 valence electrons. The van der Waals surface area contributed by atoms with Gasteiger partial charge in [-0.15, -0.1) is 0 Å². The van der Waals surface area contributed by atoms with Crippen molar-refractivity contribution in [2.24, 2.45) is 0 Å². The van der Waals surface area contributed by atoms with Crippen LogP contribution in [0, 0.1) is 20.2 Å². The van der Waals surface area contributed by atoms with Gasteiger partial charge in [-0.25, -0.2) is 0 Å². The van der Waals surface area contributed by atoms with E-state index in [4.69, 9.17) is 0 Å². The molecule has 1 aromatic rings. The molecule has 7 nitrogen and oxygen atoms in total. The SMILES string of the molecule is O=C(C[N+](=O)[O-])c1ccc([N+](=O)[O-])cc1. The molecule has 0 amide bonds. The highest BCUT2D eigenvalue weighted by Crippen LogP contribution is 2.12. The van der Waals surface area contributed by atoms with E-state index in [-0.39, 0.29) is 11.3 Å². The standard InChI is InChI=1S/C8H6N2O5/c11-8(5-9(12)13)6-1-3-7(4-2-6)10(14)15/h1-4H,5H2. The largest absolute Gasteiger partial charge is 0.287 e. The number of Topliss-reactive ketones (excluding diaryl/α,β-unsaturated/α-hetero) is 1. The van der Waals surface area contributed by atoms with Crippen molar-refractivity contribution < 1.29 is 14.6 Å². The lowest BCUT2D eigenvalue weighted by Crippen LogP contribution is -2.13. The van der Waals surface area contributed by atoms with E-state index < -0.39 is 22.2 Å². The monoisotopic (exact) mass is 210 g/mol. The topological polar surface area (TPSA) is 103 Å². The Balaban J connectivity index is 2.84. The highest BCUT2D eigenvalue weighted by molar-refractivity contribution is 5.97. The molecule has 0 saturated heterocycles. The second-order valence-electron chi connectivity index (χ2n) is 2.72. The van der Waals surface area contributed by atoms with Crippen LogP contribution >= 0.6 is 0 Å². The fourth-order valence-corrected chi connectivity index (χ4v) is 0.978. The Labute approximate surface area is 83.6 Å². The van der Waals surface area contributed by atoms with Gasteiger partial charge in [-0.3, -0.25) is 25.0 Å². The smallest absolute Gasteiger partial charge is 0.269 e. The van der Waals surface area contributed by atoms with Gasteiger partial charge in [0.15, 0.2) is 0 Å². The average Bonchev–Trinajstić information content (AvgIpc) is 2.17. The zero-order valence-corrected chi connectivity index (χ0v) is 7.45. The quantitative estimate of drug-likeness (QED) is 0.419. The summed E-state index contributed by atoms with van der Waals surface area (Å²) in [5.74, 6) is -0.671. The molecule has 0 fully saturated rings. The van der Waals surface area contributed by atoms with E-state index in [1.165, 1.54) is 12.1 Å². The van der Waals surface area contributed by atoms with Crippen molar-refractivity contribution in [3.63, 3.8) is 0 Å². The van der Waals surface area contributed by atoms with Gasteiger partial charge in [-0.05, 0) is 12.1 Å². The molecule has 0 spiro atoms. The predicted molar refractivity (Wildman–Crippen MR) is 49.3 cm³/mol. The summed E-state index contributed by atoms with van der Waals surface area (Å²) in [6.07, 6.45) is 0. The minimum Gasteiger partial charge on any atom is -0.287 e. The molecule has 1 rings (SSSR count). The Kier molecular flexibility index (Phi) is 3.06. The fourth-order valence-electron chi connectivity index (χ4n) is 0.978. The maximum atomic E-state index is 11.1. The third kappa shape index (κ3) is 2.83. The number of hydrogen-bond donors (Lipinski definition) is 0. The first-order valence-electron chi connectivity index (χ1n) is 3.90. The molecule has 0 aromatic heterocycles. The van der Waals surface area contributed by atoms with Gasteiger partial charge in [-0.2, -0.15) is 0 Å². The van der Waals surface area contributed by atoms with E-state index in [0.717, 1.165) is 12.1 Å². The van der Waals surface area contributed by atoms with Crippen molar-refractivity contribution in [3.05, 3.63) is 50.1 Å². The number of ketones is 1. The second kappa shape index (κ2) is 4.27. The summed E-state index contributed by atoms with van der Waals surface area (Å²) in [6.45, 7) is -0.808. The molecular weight excluding hydrogens is 204 g/mol. The van der Waals surface area contributed by atoms with Crippen molar-refractivity contribution in [1.29, 1.82) is 0 Å². The molecule has 0 aliphatic carbocycles. The minimum absolute atomic E-state index is 0.0947. The number of benzene rings is 1. The van der Waals surface area contributed by atoms with Gasteiger partial charge < -0.3 is 0 Å². The number of nitrogens with zero attached hydrogens (tertiary/aromatic N) is 2. The summed E-state index contributed by atoms with van der Waals surface area (Å²) in [6, 6.07) is 4.66. The highest BCUT2D eigenvalue weighted by Gasteiger charge is 2.13. The van der Waals surface area contributed by atoms with Crippen LogP contribution in [-0.4, -0.2) is 22.2 Å². The van der Waals surface area contributed by atoms with Crippen LogP contribution in [0.3, 0.4) is 0 Å². The number of carbonyl (C=O) groups is 1. The molecule has 0 radical (unpaired) electrons. The van der Waals surface area contributed by atoms with Crippen LogP contribution in [-0.2, 0) is 0 Å². The molecule has 0 aliphatic heterocycles. The molecule has 0 aliphatic rings. The number of rotatable bonds is 4. The van der Waals surface area contributed by atoms with Gasteiger partial charge >= 0.3 is 0 Å². The molecule has 0 atom stereocenters. The lowest BCUT2D eigenvalue weighted by Gasteiger charge is -1.95. The van der Waals surface area contributed by atoms with Crippen molar-refractivity contribution in [1.82, 2.24) is 0 Å². The number of hydrogen-bond acceptors (Lipinski definition) is 5. The average molecular weight is 210 g/mol. The number of carbonyl (C=O) groups excluding carboxylic acids is 1. The van der Waals surface area contributed by atoms with E-state index in [9.17, 15) is 25.0 Å². The summed E-state index contributed by atoms with van der Waals surface area (Å²) in [5.41, 5.74) is -0.0649. The Bertz CT molecular complexity index is 412. The summed E-state index contributed by atoms with van der Waals surface area (Å²) in [7, 11) is 0. The molecule has 0 bridgehead atoms. The van der Waals surface area contributed by atoms with Crippen LogP contribution < -0.4 is 0 Å². The first-order valence-corrected chi connectivity index (χ1v) is 3.90. The fraction of sp³-hybridized carbons (Fsp3) is 0.125. The predicted octanol–water partition coefficient (Wildman–Crippen LogP) is 1.05. The maximum absolute atomic E-state index is 11.1. The molecule has 0 unspecified atom stereocenters. The number of non-ortho nitro benzene ring substituents is 1. The first kappa shape index (κ1) is 10.8. The second-order valence-corrected chi connectivity index (χ2v) is 2.72. The van der Waals surface area contributed by atoms with Gasteiger partial charge in [-0.1, -0.05) is 0 Å². The zero-order chi connectivity index (χ0) is 11.4. The van der Waals surface area contributed by atoms with Crippen LogP contribution in [0.5, 0.6) is 0 Å². The Hall–Kier alpha value is -2.31. The Morgan fingerprint density at radius 1 is 1.13 bits per heavy atom. The van der Waals surface area contributed by atoms with Crippen molar-refractivity contribution in [3.8, 4) is 0 Å². The van der Waals surface area contributed by atoms with Crippen molar-refractivity contribution >= 4 is 11.5 Å². The van der Waals surface area contributed by atoms with Crippen molar-refractivity contribution in [2.45, 2.75) is 0 Å². The Morgan fingerprint density at radius 3 is 2.07 bits per heavy atom. The van der Waals surface area contributed by atoms with E-state index >= 15 is 0 Å². The van der Waals surface area contributed by atoms with Gasteiger partial charge in [0.25, 0.3) is 12.2 Å². The maximum Gasteiger partial charge on any atom is 0.269 e. The van der Waals surface area contributed by atoms with E-state index in [2.05, 4.69) is 0 Å². The van der Waals surface area contributed by atoms with Gasteiger partial charge in [0, 0.05) is 22.6 Å². The number of nitro benzene ring substituents is 1. The highest BCUT2D eigenvalue weighted by atomic mass is 16.6. The normalized spacial score (nSPS) is 9.60. The van der Waals surface area contributed by atoms with Crippen LogP contribution in [0.4, 0.5) is 5.69 Å².